The SMILES string of the molecule is COc1ccc(NS(=O)(=O)c2ccc(C(=O)N(C)C3CCS(=O)(=O)C3)cc2)cc1. The van der Waals surface area contributed by atoms with Crippen molar-refractivity contribution in [3.8, 4) is 5.75 Å². The van der Waals surface area contributed by atoms with Crippen LogP contribution in [0.5, 0.6) is 5.75 Å². The number of anilines is 1. The highest BCUT2D eigenvalue weighted by molar-refractivity contribution is 7.92. The van der Waals surface area contributed by atoms with E-state index in [1.807, 2.05) is 0 Å². The molecule has 1 saturated heterocycles. The lowest BCUT2D eigenvalue weighted by molar-refractivity contribution is 0.0747. The van der Waals surface area contributed by atoms with Gasteiger partial charge in [0.15, 0.2) is 9.84 Å². The van der Waals surface area contributed by atoms with Crippen molar-refractivity contribution in [3.05, 3.63) is 54.1 Å². The van der Waals surface area contributed by atoms with Crippen molar-refractivity contribution in [2.75, 3.05) is 30.4 Å². The summed E-state index contributed by atoms with van der Waals surface area (Å²) >= 11 is 0. The van der Waals surface area contributed by atoms with Crippen LogP contribution in [-0.2, 0) is 19.9 Å². The van der Waals surface area contributed by atoms with Crippen LogP contribution in [0.3, 0.4) is 0 Å². The Labute approximate surface area is 170 Å². The minimum absolute atomic E-state index is 0.0102. The third kappa shape index (κ3) is 4.88. The van der Waals surface area contributed by atoms with Gasteiger partial charge < -0.3 is 9.64 Å². The maximum atomic E-state index is 12.6. The van der Waals surface area contributed by atoms with Crippen molar-refractivity contribution in [2.24, 2.45) is 0 Å². The summed E-state index contributed by atoms with van der Waals surface area (Å²) in [6.45, 7) is 0. The number of sulfonamides is 1. The van der Waals surface area contributed by atoms with Gasteiger partial charge in [-0.1, -0.05) is 0 Å². The fourth-order valence-corrected chi connectivity index (χ4v) is 5.93. The Balaban J connectivity index is 1.72. The highest BCUT2D eigenvalue weighted by Gasteiger charge is 2.33. The Morgan fingerprint density at radius 3 is 2.24 bits per heavy atom. The molecule has 0 aromatic heterocycles. The number of nitrogens with zero attached hydrogens (tertiary/aromatic N) is 1. The fraction of sp³-hybridized carbons (Fsp3) is 0.316. The lowest BCUT2D eigenvalue weighted by atomic mass is 10.1. The van der Waals surface area contributed by atoms with Gasteiger partial charge in [0.05, 0.1) is 23.5 Å². The monoisotopic (exact) mass is 438 g/mol. The number of hydrogen-bond acceptors (Lipinski definition) is 6. The highest BCUT2D eigenvalue weighted by Crippen LogP contribution is 2.21. The molecule has 0 saturated carbocycles. The average Bonchev–Trinajstić information content (AvgIpc) is 3.07. The van der Waals surface area contributed by atoms with E-state index in [0.29, 0.717) is 23.4 Å². The largest absolute Gasteiger partial charge is 0.497 e. The zero-order valence-electron chi connectivity index (χ0n) is 16.0. The summed E-state index contributed by atoms with van der Waals surface area (Å²) < 4.78 is 55.9. The standard InChI is InChI=1S/C19H22N2O6S2/c1-21(16-11-12-28(23,24)13-16)19(22)14-3-9-18(10-4-14)29(25,26)20-15-5-7-17(27-2)8-6-15/h3-10,16,20H,11-13H2,1-2H3. The molecule has 29 heavy (non-hydrogen) atoms. The molecule has 3 rings (SSSR count). The average molecular weight is 439 g/mol. The summed E-state index contributed by atoms with van der Waals surface area (Å²) in [4.78, 5) is 14.0. The minimum atomic E-state index is -3.82. The lowest BCUT2D eigenvalue weighted by Crippen LogP contribution is -2.37. The summed E-state index contributed by atoms with van der Waals surface area (Å²) in [6, 6.07) is 11.6. The van der Waals surface area contributed by atoms with Gasteiger partial charge in [-0.05, 0) is 55.0 Å². The van der Waals surface area contributed by atoms with Crippen LogP contribution in [0.4, 0.5) is 5.69 Å². The van der Waals surface area contributed by atoms with Gasteiger partial charge in [0.1, 0.15) is 5.75 Å². The molecule has 0 aliphatic carbocycles. The number of ether oxygens (including phenoxy) is 1. The molecule has 1 atom stereocenters. The van der Waals surface area contributed by atoms with Gasteiger partial charge in [-0.2, -0.15) is 0 Å². The van der Waals surface area contributed by atoms with Crippen molar-refractivity contribution < 1.29 is 26.4 Å². The van der Waals surface area contributed by atoms with Crippen LogP contribution in [0, 0.1) is 0 Å². The predicted octanol–water partition coefficient (Wildman–Crippen LogP) is 1.76. The molecule has 10 heteroatoms. The quantitative estimate of drug-likeness (QED) is 0.736. The third-order valence-corrected chi connectivity index (χ3v) is 7.98. The van der Waals surface area contributed by atoms with Crippen LogP contribution in [-0.4, -0.2) is 59.3 Å². The molecule has 0 bridgehead atoms. The van der Waals surface area contributed by atoms with E-state index in [-0.39, 0.29) is 28.4 Å². The molecule has 1 aliphatic rings. The second-order valence-corrected chi connectivity index (χ2v) is 10.7. The van der Waals surface area contributed by atoms with Crippen LogP contribution in [0.1, 0.15) is 16.8 Å². The second-order valence-electron chi connectivity index (χ2n) is 6.83. The number of rotatable bonds is 6. The number of methoxy groups -OCH3 is 1. The number of amides is 1. The lowest BCUT2D eigenvalue weighted by Gasteiger charge is -2.23. The predicted molar refractivity (Wildman–Crippen MR) is 109 cm³/mol. The van der Waals surface area contributed by atoms with Crippen molar-refractivity contribution in [1.82, 2.24) is 4.90 Å². The van der Waals surface area contributed by atoms with Crippen molar-refractivity contribution in [1.29, 1.82) is 0 Å². The topological polar surface area (TPSA) is 110 Å². The van der Waals surface area contributed by atoms with Gasteiger partial charge in [0, 0.05) is 24.3 Å². The summed E-state index contributed by atoms with van der Waals surface area (Å²) in [5.74, 6) is 0.283. The Hall–Kier alpha value is -2.59. The molecule has 1 aliphatic heterocycles. The van der Waals surface area contributed by atoms with Crippen LogP contribution >= 0.6 is 0 Å². The van der Waals surface area contributed by atoms with Gasteiger partial charge in [-0.15, -0.1) is 0 Å². The summed E-state index contributed by atoms with van der Waals surface area (Å²) in [7, 11) is -3.85. The molecule has 1 heterocycles. The van der Waals surface area contributed by atoms with E-state index >= 15 is 0 Å². The van der Waals surface area contributed by atoms with Gasteiger partial charge >= 0.3 is 0 Å². The molecule has 156 valence electrons. The Bertz CT molecular complexity index is 1090. The summed E-state index contributed by atoms with van der Waals surface area (Å²) in [6.07, 6.45) is 0.406. The van der Waals surface area contributed by atoms with Crippen molar-refractivity contribution >= 4 is 31.5 Å². The van der Waals surface area contributed by atoms with Crippen molar-refractivity contribution in [2.45, 2.75) is 17.4 Å². The van der Waals surface area contributed by atoms with E-state index in [1.165, 1.54) is 36.3 Å². The van der Waals surface area contributed by atoms with Crippen LogP contribution in [0.2, 0.25) is 0 Å². The zero-order valence-corrected chi connectivity index (χ0v) is 17.7. The molecule has 1 fully saturated rings. The molecule has 8 nitrogen and oxygen atoms in total. The van der Waals surface area contributed by atoms with E-state index in [0.717, 1.165) is 0 Å². The van der Waals surface area contributed by atoms with E-state index < -0.39 is 19.9 Å². The van der Waals surface area contributed by atoms with Crippen LogP contribution in [0.15, 0.2) is 53.4 Å². The molecular formula is C19H22N2O6S2. The summed E-state index contributed by atoms with van der Waals surface area (Å²) in [5, 5.41) is 0. The first-order valence-corrected chi connectivity index (χ1v) is 12.2. The Kier molecular flexibility index (Phi) is 5.85. The first-order chi connectivity index (χ1) is 13.6. The summed E-state index contributed by atoms with van der Waals surface area (Å²) in [5.41, 5.74) is 0.674. The highest BCUT2D eigenvalue weighted by atomic mass is 32.2. The van der Waals surface area contributed by atoms with Gasteiger partial charge in [0.2, 0.25) is 0 Å². The molecule has 1 amide bonds. The molecule has 2 aromatic rings. The van der Waals surface area contributed by atoms with E-state index in [2.05, 4.69) is 4.72 Å². The Morgan fingerprint density at radius 2 is 1.72 bits per heavy atom. The minimum Gasteiger partial charge on any atom is -0.497 e. The van der Waals surface area contributed by atoms with Gasteiger partial charge in [-0.3, -0.25) is 9.52 Å². The maximum Gasteiger partial charge on any atom is 0.261 e. The van der Waals surface area contributed by atoms with Crippen molar-refractivity contribution in [3.63, 3.8) is 0 Å². The van der Waals surface area contributed by atoms with E-state index in [1.54, 1.807) is 31.3 Å². The third-order valence-electron chi connectivity index (χ3n) is 4.83. The molecule has 1 N–H and O–H groups in total. The van der Waals surface area contributed by atoms with Gasteiger partial charge in [0.25, 0.3) is 15.9 Å². The number of carbonyl (C=O) groups is 1. The van der Waals surface area contributed by atoms with E-state index in [4.69, 9.17) is 4.74 Å². The smallest absolute Gasteiger partial charge is 0.261 e. The Morgan fingerprint density at radius 1 is 1.10 bits per heavy atom. The normalized spacial score (nSPS) is 18.2. The molecular weight excluding hydrogens is 416 g/mol. The number of nitrogens with one attached hydrogen (secondary N) is 1. The number of benzene rings is 2. The van der Waals surface area contributed by atoms with Gasteiger partial charge in [-0.25, -0.2) is 16.8 Å². The zero-order chi connectivity index (χ0) is 21.2. The number of carbonyl (C=O) groups excluding carboxylic acids is 1. The molecule has 2 aromatic carbocycles. The first-order valence-electron chi connectivity index (χ1n) is 8.86. The second kappa shape index (κ2) is 8.03. The number of hydrogen-bond donors (Lipinski definition) is 1. The molecule has 1 unspecified atom stereocenters. The number of sulfone groups is 1. The molecule has 0 spiro atoms. The maximum absolute atomic E-state index is 12.6. The molecule has 0 radical (unpaired) electrons. The van der Waals surface area contributed by atoms with E-state index in [9.17, 15) is 21.6 Å². The van der Waals surface area contributed by atoms with Crippen LogP contribution < -0.4 is 9.46 Å². The van der Waals surface area contributed by atoms with Crippen LogP contribution in [0.25, 0.3) is 0 Å². The fourth-order valence-electron chi connectivity index (χ4n) is 3.10. The first kappa shape index (κ1) is 21.1.